The van der Waals surface area contributed by atoms with Crippen LogP contribution >= 0.6 is 24.0 Å². The van der Waals surface area contributed by atoms with Crippen molar-refractivity contribution in [1.82, 2.24) is 25.4 Å². The van der Waals surface area contributed by atoms with Crippen molar-refractivity contribution >= 4 is 29.9 Å². The molecule has 0 fully saturated rings. The van der Waals surface area contributed by atoms with Gasteiger partial charge in [0.15, 0.2) is 11.8 Å². The van der Waals surface area contributed by atoms with Crippen LogP contribution in [0.4, 0.5) is 0 Å². The minimum absolute atomic E-state index is 0. The van der Waals surface area contributed by atoms with Crippen molar-refractivity contribution in [1.29, 1.82) is 0 Å². The zero-order valence-corrected chi connectivity index (χ0v) is 16.8. The molecule has 2 aromatic rings. The van der Waals surface area contributed by atoms with Crippen LogP contribution in [-0.2, 0) is 19.5 Å². The van der Waals surface area contributed by atoms with Crippen LogP contribution in [0.2, 0.25) is 0 Å². The highest BCUT2D eigenvalue weighted by atomic mass is 127. The molecule has 1 aromatic carbocycles. The van der Waals surface area contributed by atoms with Crippen molar-refractivity contribution in [3.8, 4) is 0 Å². The van der Waals surface area contributed by atoms with E-state index in [9.17, 15) is 0 Å². The molecule has 2 N–H and O–H groups in total. The lowest BCUT2D eigenvalue weighted by molar-refractivity contribution is 0.670. The fourth-order valence-corrected chi connectivity index (χ4v) is 2.83. The van der Waals surface area contributed by atoms with Gasteiger partial charge >= 0.3 is 0 Å². The summed E-state index contributed by atoms with van der Waals surface area (Å²) in [5.41, 5.74) is 1.22. The Morgan fingerprint density at radius 2 is 2.16 bits per heavy atom. The van der Waals surface area contributed by atoms with Crippen molar-refractivity contribution < 1.29 is 0 Å². The van der Waals surface area contributed by atoms with Crippen molar-refractivity contribution in [3.63, 3.8) is 0 Å². The molecule has 0 bridgehead atoms. The highest BCUT2D eigenvalue weighted by Gasteiger charge is 2.17. The van der Waals surface area contributed by atoms with Crippen molar-refractivity contribution in [2.24, 2.45) is 4.99 Å². The van der Waals surface area contributed by atoms with Crippen LogP contribution in [0, 0.1) is 0 Å². The van der Waals surface area contributed by atoms with E-state index in [1.165, 1.54) is 5.56 Å². The quantitative estimate of drug-likeness (QED) is 0.306. The number of hydrogen-bond acceptors (Lipinski definition) is 3. The molecule has 1 aliphatic heterocycles. The number of nitrogens with one attached hydrogen (secondary N) is 2. The first kappa shape index (κ1) is 19.4. The molecule has 0 radical (unpaired) electrons. The van der Waals surface area contributed by atoms with Gasteiger partial charge in [-0.2, -0.15) is 0 Å². The topological polar surface area (TPSA) is 67.1 Å². The van der Waals surface area contributed by atoms with Gasteiger partial charge in [-0.25, -0.2) is 4.99 Å². The fourth-order valence-electron chi connectivity index (χ4n) is 2.83. The summed E-state index contributed by atoms with van der Waals surface area (Å²) in [7, 11) is 0. The smallest absolute Gasteiger partial charge is 0.192 e. The predicted molar refractivity (Wildman–Crippen MR) is 111 cm³/mol. The molecule has 1 atom stereocenters. The SMILES string of the molecule is C=CCNC(=NCc1nnc2n1CCC2)NC(C)c1ccccc1.I. The van der Waals surface area contributed by atoms with E-state index < -0.39 is 0 Å². The molecule has 25 heavy (non-hydrogen) atoms. The summed E-state index contributed by atoms with van der Waals surface area (Å²) in [6.45, 7) is 8.05. The number of aromatic nitrogens is 3. The number of guanidine groups is 1. The number of rotatable bonds is 6. The average Bonchev–Trinajstić information content (AvgIpc) is 3.22. The Morgan fingerprint density at radius 3 is 2.92 bits per heavy atom. The number of nitrogens with zero attached hydrogens (tertiary/aromatic N) is 4. The minimum Gasteiger partial charge on any atom is -0.353 e. The van der Waals surface area contributed by atoms with Crippen LogP contribution in [-0.4, -0.2) is 27.3 Å². The number of aliphatic imine (C=N–C) groups is 1. The largest absolute Gasteiger partial charge is 0.353 e. The molecule has 6 nitrogen and oxygen atoms in total. The van der Waals surface area contributed by atoms with E-state index in [0.717, 1.165) is 37.0 Å². The highest BCUT2D eigenvalue weighted by molar-refractivity contribution is 14.0. The summed E-state index contributed by atoms with van der Waals surface area (Å²) in [5.74, 6) is 2.75. The maximum atomic E-state index is 4.67. The zero-order valence-electron chi connectivity index (χ0n) is 14.5. The molecule has 1 aliphatic rings. The number of fused-ring (bicyclic) bond motifs is 1. The number of aryl methyl sites for hydroxylation is 1. The Balaban J connectivity index is 0.00000225. The molecule has 1 aromatic heterocycles. The van der Waals surface area contributed by atoms with E-state index in [-0.39, 0.29) is 30.0 Å². The summed E-state index contributed by atoms with van der Waals surface area (Å²) in [6.07, 6.45) is 3.98. The molecule has 0 spiro atoms. The first-order valence-electron chi connectivity index (χ1n) is 8.39. The zero-order chi connectivity index (χ0) is 16.8. The minimum atomic E-state index is 0. The summed E-state index contributed by atoms with van der Waals surface area (Å²) < 4.78 is 2.18. The lowest BCUT2D eigenvalue weighted by Gasteiger charge is -2.18. The third-order valence-corrected chi connectivity index (χ3v) is 4.13. The molecule has 3 rings (SSSR count). The third kappa shape index (κ3) is 5.04. The van der Waals surface area contributed by atoms with Crippen molar-refractivity contribution in [3.05, 3.63) is 60.2 Å². The second-order valence-electron chi connectivity index (χ2n) is 5.90. The lowest BCUT2D eigenvalue weighted by atomic mass is 10.1. The molecule has 7 heteroatoms. The summed E-state index contributed by atoms with van der Waals surface area (Å²) in [6, 6.07) is 10.5. The number of hydrogen-bond donors (Lipinski definition) is 2. The summed E-state index contributed by atoms with van der Waals surface area (Å²) in [5, 5.41) is 15.2. The molecule has 0 saturated carbocycles. The van der Waals surface area contributed by atoms with E-state index in [1.54, 1.807) is 0 Å². The Labute approximate surface area is 165 Å². The van der Waals surface area contributed by atoms with Crippen LogP contribution in [0.3, 0.4) is 0 Å². The van der Waals surface area contributed by atoms with Gasteiger partial charge < -0.3 is 15.2 Å². The molecule has 1 unspecified atom stereocenters. The Hall–Kier alpha value is -1.90. The second kappa shape index (κ2) is 9.55. The van der Waals surface area contributed by atoms with Crippen molar-refractivity contribution in [2.45, 2.75) is 38.9 Å². The van der Waals surface area contributed by atoms with Crippen LogP contribution in [0.1, 0.15) is 36.6 Å². The third-order valence-electron chi connectivity index (χ3n) is 4.13. The molecule has 0 aliphatic carbocycles. The first-order valence-corrected chi connectivity index (χ1v) is 8.39. The molecule has 0 amide bonds. The maximum Gasteiger partial charge on any atom is 0.192 e. The standard InChI is InChI=1S/C18H24N6.HI/c1-3-11-19-18(21-14(2)15-8-5-4-6-9-15)20-13-17-23-22-16-10-7-12-24(16)17;/h3-6,8-9,14H,1,7,10-13H2,2H3,(H2,19,20,21);1H. The molecule has 134 valence electrons. The van der Waals surface area contributed by atoms with E-state index in [1.807, 2.05) is 24.3 Å². The molecule has 2 heterocycles. The average molecular weight is 452 g/mol. The van der Waals surface area contributed by atoms with Gasteiger partial charge in [0.2, 0.25) is 0 Å². The highest BCUT2D eigenvalue weighted by Crippen LogP contribution is 2.15. The van der Waals surface area contributed by atoms with E-state index in [4.69, 9.17) is 0 Å². The first-order chi connectivity index (χ1) is 11.8. The Morgan fingerprint density at radius 1 is 1.36 bits per heavy atom. The van der Waals surface area contributed by atoms with E-state index in [2.05, 4.69) is 56.0 Å². The van der Waals surface area contributed by atoms with Gasteiger partial charge in [-0.15, -0.1) is 40.8 Å². The second-order valence-corrected chi connectivity index (χ2v) is 5.90. The van der Waals surface area contributed by atoms with Gasteiger partial charge in [-0.1, -0.05) is 36.4 Å². The normalized spacial score (nSPS) is 14.4. The lowest BCUT2D eigenvalue weighted by Crippen LogP contribution is -2.39. The van der Waals surface area contributed by atoms with E-state index in [0.29, 0.717) is 13.1 Å². The fraction of sp³-hybridized carbons (Fsp3) is 0.389. The van der Waals surface area contributed by atoms with Gasteiger partial charge in [0.05, 0.1) is 6.04 Å². The number of halogens is 1. The molecular formula is C18H25IN6. The monoisotopic (exact) mass is 452 g/mol. The molecular weight excluding hydrogens is 427 g/mol. The number of benzene rings is 1. The Bertz CT molecular complexity index is 710. The molecule has 0 saturated heterocycles. The summed E-state index contributed by atoms with van der Waals surface area (Å²) in [4.78, 5) is 4.67. The van der Waals surface area contributed by atoms with Gasteiger partial charge in [0.1, 0.15) is 12.4 Å². The van der Waals surface area contributed by atoms with Crippen LogP contribution in [0.15, 0.2) is 48.0 Å². The van der Waals surface area contributed by atoms with Gasteiger partial charge in [0.25, 0.3) is 0 Å². The van der Waals surface area contributed by atoms with E-state index >= 15 is 0 Å². The van der Waals surface area contributed by atoms with Crippen LogP contribution < -0.4 is 10.6 Å². The van der Waals surface area contributed by atoms with Crippen LogP contribution in [0.5, 0.6) is 0 Å². The predicted octanol–water partition coefficient (Wildman–Crippen LogP) is 2.82. The Kier molecular flexibility index (Phi) is 7.42. The van der Waals surface area contributed by atoms with Crippen molar-refractivity contribution in [2.75, 3.05) is 6.54 Å². The van der Waals surface area contributed by atoms with Crippen LogP contribution in [0.25, 0.3) is 0 Å². The summed E-state index contributed by atoms with van der Waals surface area (Å²) >= 11 is 0. The maximum absolute atomic E-state index is 4.67. The van der Waals surface area contributed by atoms with Gasteiger partial charge in [0, 0.05) is 19.5 Å². The van der Waals surface area contributed by atoms with Gasteiger partial charge in [-0.3, -0.25) is 0 Å². The van der Waals surface area contributed by atoms with Gasteiger partial charge in [-0.05, 0) is 18.9 Å².